The van der Waals surface area contributed by atoms with Crippen molar-refractivity contribution in [3.05, 3.63) is 30.3 Å². The number of carbonyl (C=O) groups is 1. The third-order valence-electron chi connectivity index (χ3n) is 2.48. The number of esters is 1. The van der Waals surface area contributed by atoms with Gasteiger partial charge in [0, 0.05) is 13.6 Å². The van der Waals surface area contributed by atoms with Crippen molar-refractivity contribution in [2.24, 2.45) is 4.99 Å². The summed E-state index contributed by atoms with van der Waals surface area (Å²) in [4.78, 5) is 15.0. The number of para-hydroxylation sites is 1. The highest BCUT2D eigenvalue weighted by Gasteiger charge is 2.01. The van der Waals surface area contributed by atoms with Gasteiger partial charge in [-0.25, -0.2) is 0 Å². The summed E-state index contributed by atoms with van der Waals surface area (Å²) >= 11 is 0. The van der Waals surface area contributed by atoms with Crippen molar-refractivity contribution in [1.82, 2.24) is 10.6 Å². The van der Waals surface area contributed by atoms with Gasteiger partial charge in [0.1, 0.15) is 12.4 Å². The molecule has 6 nitrogen and oxygen atoms in total. The Morgan fingerprint density at radius 3 is 2.48 bits per heavy atom. The third-order valence-corrected chi connectivity index (χ3v) is 2.48. The van der Waals surface area contributed by atoms with E-state index in [-0.39, 0.29) is 29.9 Å². The SMILES string of the molecule is CN=C(NCCOc1ccccc1)NCCC(=O)OC.I. The summed E-state index contributed by atoms with van der Waals surface area (Å²) in [5.74, 6) is 1.22. The number of methoxy groups -OCH3 is 1. The lowest BCUT2D eigenvalue weighted by molar-refractivity contribution is -0.140. The number of ether oxygens (including phenoxy) is 2. The highest BCUT2D eigenvalue weighted by Crippen LogP contribution is 2.07. The van der Waals surface area contributed by atoms with Crippen LogP contribution in [0.2, 0.25) is 0 Å². The number of halogens is 1. The number of carbonyl (C=O) groups excluding carboxylic acids is 1. The van der Waals surface area contributed by atoms with Crippen LogP contribution in [0.15, 0.2) is 35.3 Å². The van der Waals surface area contributed by atoms with Gasteiger partial charge in [-0.3, -0.25) is 9.79 Å². The molecular weight excluding hydrogens is 385 g/mol. The first-order valence-corrected chi connectivity index (χ1v) is 6.45. The van der Waals surface area contributed by atoms with E-state index in [0.717, 1.165) is 5.75 Å². The molecule has 0 atom stereocenters. The van der Waals surface area contributed by atoms with Crippen molar-refractivity contribution in [2.45, 2.75) is 6.42 Å². The van der Waals surface area contributed by atoms with E-state index in [4.69, 9.17) is 4.74 Å². The fraction of sp³-hybridized carbons (Fsp3) is 0.429. The zero-order valence-corrected chi connectivity index (χ0v) is 14.6. The highest BCUT2D eigenvalue weighted by atomic mass is 127. The van der Waals surface area contributed by atoms with E-state index in [1.54, 1.807) is 7.05 Å². The van der Waals surface area contributed by atoms with Crippen LogP contribution < -0.4 is 15.4 Å². The highest BCUT2D eigenvalue weighted by molar-refractivity contribution is 14.0. The number of nitrogens with one attached hydrogen (secondary N) is 2. The monoisotopic (exact) mass is 407 g/mol. The summed E-state index contributed by atoms with van der Waals surface area (Å²) in [7, 11) is 3.04. The molecule has 0 aliphatic carbocycles. The lowest BCUT2D eigenvalue weighted by Gasteiger charge is -2.12. The maximum atomic E-state index is 11.0. The molecule has 1 aromatic rings. The molecule has 7 heteroatoms. The topological polar surface area (TPSA) is 72.0 Å². The van der Waals surface area contributed by atoms with Crippen molar-refractivity contribution in [2.75, 3.05) is 33.9 Å². The zero-order chi connectivity index (χ0) is 14.6. The Morgan fingerprint density at radius 1 is 1.19 bits per heavy atom. The smallest absolute Gasteiger partial charge is 0.307 e. The first-order valence-electron chi connectivity index (χ1n) is 6.45. The molecule has 0 spiro atoms. The number of nitrogens with zero attached hydrogens (tertiary/aromatic N) is 1. The van der Waals surface area contributed by atoms with Crippen LogP contribution >= 0.6 is 24.0 Å². The van der Waals surface area contributed by atoms with Crippen LogP contribution in [0.25, 0.3) is 0 Å². The van der Waals surface area contributed by atoms with E-state index in [0.29, 0.717) is 32.1 Å². The third kappa shape index (κ3) is 9.11. The van der Waals surface area contributed by atoms with Crippen LogP contribution in [0.5, 0.6) is 5.75 Å². The number of guanidine groups is 1. The molecule has 0 aliphatic heterocycles. The number of aliphatic imine (C=N–C) groups is 1. The van der Waals surface area contributed by atoms with Gasteiger partial charge in [-0.15, -0.1) is 24.0 Å². The molecule has 0 heterocycles. The summed E-state index contributed by atoms with van der Waals surface area (Å²) in [5, 5.41) is 6.11. The van der Waals surface area contributed by atoms with Gasteiger partial charge < -0.3 is 20.1 Å². The largest absolute Gasteiger partial charge is 0.492 e. The summed E-state index contributed by atoms with van der Waals surface area (Å²) in [6, 6.07) is 9.61. The van der Waals surface area contributed by atoms with Gasteiger partial charge in [0.2, 0.25) is 0 Å². The maximum Gasteiger partial charge on any atom is 0.307 e. The molecule has 1 rings (SSSR count). The maximum absolute atomic E-state index is 11.0. The molecular formula is C14H22IN3O3. The van der Waals surface area contributed by atoms with Gasteiger partial charge >= 0.3 is 5.97 Å². The first kappa shape index (κ1) is 19.5. The van der Waals surface area contributed by atoms with Gasteiger partial charge in [-0.1, -0.05) is 18.2 Å². The molecule has 2 N–H and O–H groups in total. The van der Waals surface area contributed by atoms with Gasteiger partial charge in [0.15, 0.2) is 5.96 Å². The van der Waals surface area contributed by atoms with Crippen molar-refractivity contribution in [3.63, 3.8) is 0 Å². The van der Waals surface area contributed by atoms with Crippen molar-refractivity contribution >= 4 is 35.9 Å². The van der Waals surface area contributed by atoms with Crippen LogP contribution in [0.4, 0.5) is 0 Å². The van der Waals surface area contributed by atoms with Crippen LogP contribution in [0.1, 0.15) is 6.42 Å². The minimum Gasteiger partial charge on any atom is -0.492 e. The standard InChI is InChI=1S/C14H21N3O3.HI/c1-15-14(16-9-8-13(18)19-2)17-10-11-20-12-6-4-3-5-7-12;/h3-7H,8-11H2,1-2H3,(H2,15,16,17);1H. The minimum absolute atomic E-state index is 0. The Morgan fingerprint density at radius 2 is 1.86 bits per heavy atom. The second-order valence-corrected chi connectivity index (χ2v) is 3.91. The second-order valence-electron chi connectivity index (χ2n) is 3.91. The Hall–Kier alpha value is -1.51. The number of hydrogen-bond acceptors (Lipinski definition) is 4. The molecule has 118 valence electrons. The molecule has 0 saturated carbocycles. The normalized spacial score (nSPS) is 10.3. The van der Waals surface area contributed by atoms with Crippen molar-refractivity contribution < 1.29 is 14.3 Å². The molecule has 0 saturated heterocycles. The summed E-state index contributed by atoms with van der Waals surface area (Å²) in [6.07, 6.45) is 0.303. The molecule has 0 bridgehead atoms. The molecule has 0 unspecified atom stereocenters. The summed E-state index contributed by atoms with van der Waals surface area (Å²) < 4.78 is 10.1. The molecule has 1 aromatic carbocycles. The average Bonchev–Trinajstić information content (AvgIpc) is 2.50. The van der Waals surface area contributed by atoms with E-state index >= 15 is 0 Å². The molecule has 0 fully saturated rings. The van der Waals surface area contributed by atoms with E-state index in [9.17, 15) is 4.79 Å². The summed E-state index contributed by atoms with van der Waals surface area (Å²) in [6.45, 7) is 1.63. The Kier molecular flexibility index (Phi) is 11.4. The van der Waals surface area contributed by atoms with Gasteiger partial charge in [-0.2, -0.15) is 0 Å². The molecule has 0 amide bonds. The van der Waals surface area contributed by atoms with Crippen LogP contribution in [0.3, 0.4) is 0 Å². The average molecular weight is 407 g/mol. The lowest BCUT2D eigenvalue weighted by atomic mass is 10.3. The predicted octanol–water partition coefficient (Wildman–Crippen LogP) is 1.41. The van der Waals surface area contributed by atoms with Crippen molar-refractivity contribution in [3.8, 4) is 5.75 Å². The molecule has 0 aliphatic rings. The number of benzene rings is 1. The van der Waals surface area contributed by atoms with Crippen molar-refractivity contribution in [1.29, 1.82) is 0 Å². The Balaban J connectivity index is 0.00000400. The van der Waals surface area contributed by atoms with E-state index in [2.05, 4.69) is 20.4 Å². The fourth-order valence-corrected chi connectivity index (χ4v) is 1.46. The van der Waals surface area contributed by atoms with E-state index < -0.39 is 0 Å². The molecule has 21 heavy (non-hydrogen) atoms. The van der Waals surface area contributed by atoms with E-state index in [1.807, 2.05) is 30.3 Å². The predicted molar refractivity (Wildman–Crippen MR) is 93.3 cm³/mol. The number of rotatable bonds is 7. The fourth-order valence-electron chi connectivity index (χ4n) is 1.46. The first-order chi connectivity index (χ1) is 9.76. The summed E-state index contributed by atoms with van der Waals surface area (Å²) in [5.41, 5.74) is 0. The van der Waals surface area contributed by atoms with Crippen LogP contribution in [0, 0.1) is 0 Å². The van der Waals surface area contributed by atoms with Crippen LogP contribution in [-0.2, 0) is 9.53 Å². The minimum atomic E-state index is -0.250. The molecule has 0 aromatic heterocycles. The van der Waals surface area contributed by atoms with Crippen LogP contribution in [-0.4, -0.2) is 45.8 Å². The zero-order valence-electron chi connectivity index (χ0n) is 12.3. The number of hydrogen-bond donors (Lipinski definition) is 2. The Bertz CT molecular complexity index is 427. The molecule has 0 radical (unpaired) electrons. The van der Waals surface area contributed by atoms with Gasteiger partial charge in [0.25, 0.3) is 0 Å². The van der Waals surface area contributed by atoms with Gasteiger partial charge in [-0.05, 0) is 12.1 Å². The Labute approximate surface area is 142 Å². The lowest BCUT2D eigenvalue weighted by Crippen LogP contribution is -2.40. The second kappa shape index (κ2) is 12.2. The quantitative estimate of drug-likeness (QED) is 0.235. The van der Waals surface area contributed by atoms with E-state index in [1.165, 1.54) is 7.11 Å². The van der Waals surface area contributed by atoms with Gasteiger partial charge in [0.05, 0.1) is 20.1 Å².